The highest BCUT2D eigenvalue weighted by molar-refractivity contribution is 5.76. The summed E-state index contributed by atoms with van der Waals surface area (Å²) >= 11 is 0. The van der Waals surface area contributed by atoms with Crippen LogP contribution in [0.25, 0.3) is 0 Å². The quantitative estimate of drug-likeness (QED) is 0.716. The third-order valence-corrected chi connectivity index (χ3v) is 4.14. The molecule has 0 radical (unpaired) electrons. The van der Waals surface area contributed by atoms with E-state index in [2.05, 4.69) is 50.0 Å². The van der Waals surface area contributed by atoms with Crippen LogP contribution < -0.4 is 0 Å². The minimum atomic E-state index is -0.834. The van der Waals surface area contributed by atoms with Gasteiger partial charge >= 0.3 is 5.97 Å². The average Bonchev–Trinajstić information content (AvgIpc) is 2.47. The zero-order valence-electron chi connectivity index (χ0n) is 14.4. The van der Waals surface area contributed by atoms with Gasteiger partial charge in [-0.05, 0) is 35.3 Å². The summed E-state index contributed by atoms with van der Waals surface area (Å²) in [4.78, 5) is 15.6. The molecule has 0 aliphatic heterocycles. The van der Waals surface area contributed by atoms with Crippen molar-refractivity contribution < 1.29 is 9.90 Å². The summed E-state index contributed by atoms with van der Waals surface area (Å²) in [6, 6.07) is 8.02. The van der Waals surface area contributed by atoms with Gasteiger partial charge in [0.1, 0.15) is 6.04 Å². The summed E-state index contributed by atoms with van der Waals surface area (Å²) in [7, 11) is 0. The van der Waals surface area contributed by atoms with Gasteiger partial charge in [0.05, 0.1) is 0 Å². The van der Waals surface area contributed by atoms with Gasteiger partial charge < -0.3 is 5.11 Å². The van der Waals surface area contributed by atoms with Crippen molar-refractivity contribution in [1.82, 2.24) is 0 Å². The smallest absolute Gasteiger partial charge is 0.328 e. The van der Waals surface area contributed by atoms with Crippen LogP contribution in [0.1, 0.15) is 58.1 Å². The molecule has 1 aromatic rings. The molecule has 0 aliphatic carbocycles. The monoisotopic (exact) mass is 303 g/mol. The van der Waals surface area contributed by atoms with Gasteiger partial charge in [0.15, 0.2) is 0 Å². The number of carboxylic acids is 1. The number of nitrogens with zero attached hydrogens (tertiary/aromatic N) is 1. The predicted octanol–water partition coefficient (Wildman–Crippen LogP) is 4.56. The normalized spacial score (nSPS) is 15.9. The Morgan fingerprint density at radius 2 is 1.77 bits per heavy atom. The van der Waals surface area contributed by atoms with E-state index in [1.165, 1.54) is 11.1 Å². The highest BCUT2D eigenvalue weighted by atomic mass is 16.4. The van der Waals surface area contributed by atoms with E-state index >= 15 is 0 Å². The molecule has 3 heteroatoms. The van der Waals surface area contributed by atoms with Crippen LogP contribution in [0.5, 0.6) is 0 Å². The van der Waals surface area contributed by atoms with Crippen molar-refractivity contribution in [2.75, 3.05) is 0 Å². The van der Waals surface area contributed by atoms with E-state index in [0.717, 1.165) is 12.8 Å². The Bertz CT molecular complexity index is 491. The van der Waals surface area contributed by atoms with Crippen LogP contribution in [0.3, 0.4) is 0 Å². The van der Waals surface area contributed by atoms with Crippen LogP contribution in [0.4, 0.5) is 0 Å². The van der Waals surface area contributed by atoms with Gasteiger partial charge in [-0.2, -0.15) is 0 Å². The first-order valence-electron chi connectivity index (χ1n) is 8.20. The minimum Gasteiger partial charge on any atom is -0.480 e. The number of carbonyl (C=O) groups is 1. The SMILES string of the molecule is CCC(C)C(N=CC(C)Cc1ccc(C(C)C)cc1)C(=O)O. The number of carboxylic acid groups (broad SMARTS) is 1. The summed E-state index contributed by atoms with van der Waals surface area (Å²) in [5, 5.41) is 9.25. The van der Waals surface area contributed by atoms with E-state index in [0.29, 0.717) is 5.92 Å². The number of aliphatic carboxylic acids is 1. The summed E-state index contributed by atoms with van der Waals surface area (Å²) in [6.07, 6.45) is 3.51. The van der Waals surface area contributed by atoms with Gasteiger partial charge in [0.2, 0.25) is 0 Å². The molecular formula is C19H29NO2. The number of rotatable bonds is 8. The molecule has 22 heavy (non-hydrogen) atoms. The lowest BCUT2D eigenvalue weighted by atomic mass is 9.97. The zero-order chi connectivity index (χ0) is 16.7. The van der Waals surface area contributed by atoms with Gasteiger partial charge in [-0.1, -0.05) is 65.3 Å². The molecule has 1 aromatic carbocycles. The van der Waals surface area contributed by atoms with Crippen LogP contribution >= 0.6 is 0 Å². The molecule has 0 aromatic heterocycles. The fourth-order valence-corrected chi connectivity index (χ4v) is 2.38. The molecule has 0 aliphatic rings. The molecule has 0 saturated heterocycles. The summed E-state index contributed by atoms with van der Waals surface area (Å²) < 4.78 is 0. The summed E-state index contributed by atoms with van der Waals surface area (Å²) in [5.74, 6) is 0.000981. The van der Waals surface area contributed by atoms with Crippen molar-refractivity contribution >= 4 is 12.2 Å². The fourth-order valence-electron chi connectivity index (χ4n) is 2.38. The number of benzene rings is 1. The van der Waals surface area contributed by atoms with E-state index < -0.39 is 12.0 Å². The molecule has 122 valence electrons. The predicted molar refractivity (Wildman–Crippen MR) is 92.8 cm³/mol. The van der Waals surface area contributed by atoms with Gasteiger partial charge in [-0.3, -0.25) is 4.99 Å². The topological polar surface area (TPSA) is 49.7 Å². The first kappa shape index (κ1) is 18.4. The van der Waals surface area contributed by atoms with Crippen molar-refractivity contribution in [3.63, 3.8) is 0 Å². The molecule has 0 fully saturated rings. The minimum absolute atomic E-state index is 0.0614. The Labute approximate surface area is 134 Å². The van der Waals surface area contributed by atoms with Crippen molar-refractivity contribution in [2.45, 2.75) is 59.4 Å². The van der Waals surface area contributed by atoms with E-state index in [-0.39, 0.29) is 11.8 Å². The fraction of sp³-hybridized carbons (Fsp3) is 0.579. The highest BCUT2D eigenvalue weighted by Crippen LogP contribution is 2.17. The Morgan fingerprint density at radius 1 is 1.18 bits per heavy atom. The summed E-state index contributed by atoms with van der Waals surface area (Å²) in [5.41, 5.74) is 2.60. The van der Waals surface area contributed by atoms with Crippen LogP contribution in [0.15, 0.2) is 29.3 Å². The Morgan fingerprint density at radius 3 is 2.23 bits per heavy atom. The maximum absolute atomic E-state index is 11.3. The van der Waals surface area contributed by atoms with Gasteiger partial charge in [0.25, 0.3) is 0 Å². The molecule has 0 saturated carbocycles. The second-order valence-corrected chi connectivity index (χ2v) is 6.54. The van der Waals surface area contributed by atoms with Gasteiger partial charge in [0, 0.05) is 6.21 Å². The molecule has 3 unspecified atom stereocenters. The van der Waals surface area contributed by atoms with Crippen LogP contribution in [-0.2, 0) is 11.2 Å². The van der Waals surface area contributed by atoms with Gasteiger partial charge in [-0.15, -0.1) is 0 Å². The van der Waals surface area contributed by atoms with Crippen molar-refractivity contribution in [1.29, 1.82) is 0 Å². The zero-order valence-corrected chi connectivity index (χ0v) is 14.4. The Kier molecular flexibility index (Phi) is 7.30. The molecule has 1 rings (SSSR count). The van der Waals surface area contributed by atoms with E-state index in [1.54, 1.807) is 6.21 Å². The van der Waals surface area contributed by atoms with E-state index in [1.807, 2.05) is 13.8 Å². The first-order chi connectivity index (χ1) is 10.3. The molecule has 1 N–H and O–H groups in total. The maximum Gasteiger partial charge on any atom is 0.328 e. The second kappa shape index (κ2) is 8.72. The van der Waals surface area contributed by atoms with Crippen molar-refractivity contribution in [3.8, 4) is 0 Å². The Balaban J connectivity index is 2.66. The molecule has 0 bridgehead atoms. The van der Waals surface area contributed by atoms with Crippen molar-refractivity contribution in [3.05, 3.63) is 35.4 Å². The van der Waals surface area contributed by atoms with E-state index in [9.17, 15) is 9.90 Å². The third-order valence-electron chi connectivity index (χ3n) is 4.14. The van der Waals surface area contributed by atoms with Crippen LogP contribution in [0, 0.1) is 11.8 Å². The number of hydrogen-bond acceptors (Lipinski definition) is 2. The number of aliphatic imine (C=N–C) groups is 1. The second-order valence-electron chi connectivity index (χ2n) is 6.54. The molecule has 0 amide bonds. The highest BCUT2D eigenvalue weighted by Gasteiger charge is 2.21. The largest absolute Gasteiger partial charge is 0.480 e. The Hall–Kier alpha value is -1.64. The molecule has 3 atom stereocenters. The van der Waals surface area contributed by atoms with Crippen molar-refractivity contribution in [2.24, 2.45) is 16.8 Å². The number of hydrogen-bond donors (Lipinski definition) is 1. The van der Waals surface area contributed by atoms with E-state index in [4.69, 9.17) is 0 Å². The van der Waals surface area contributed by atoms with Crippen LogP contribution in [0.2, 0.25) is 0 Å². The average molecular weight is 303 g/mol. The lowest BCUT2D eigenvalue weighted by Crippen LogP contribution is -2.26. The lowest BCUT2D eigenvalue weighted by Gasteiger charge is -2.15. The molecule has 0 spiro atoms. The van der Waals surface area contributed by atoms with Crippen LogP contribution in [-0.4, -0.2) is 23.3 Å². The summed E-state index contributed by atoms with van der Waals surface area (Å²) in [6.45, 7) is 10.4. The first-order valence-corrected chi connectivity index (χ1v) is 8.20. The maximum atomic E-state index is 11.3. The molecule has 0 heterocycles. The standard InChI is InChI=1S/C19H29NO2/c1-6-15(5)18(19(21)22)20-12-14(4)11-16-7-9-17(10-8-16)13(2)3/h7-10,12-15,18H,6,11H2,1-5H3,(H,21,22). The lowest BCUT2D eigenvalue weighted by molar-refractivity contribution is -0.139. The third kappa shape index (κ3) is 5.63. The molecule has 3 nitrogen and oxygen atoms in total. The molecular weight excluding hydrogens is 274 g/mol. The van der Waals surface area contributed by atoms with Gasteiger partial charge in [-0.25, -0.2) is 4.79 Å².